The lowest BCUT2D eigenvalue weighted by molar-refractivity contribution is 0.287. The number of ether oxygens (including phenoxy) is 2. The number of nitrogens with zero attached hydrogens (tertiary/aromatic N) is 2. The molecule has 5 rings (SSSR count). The van der Waals surface area contributed by atoms with Gasteiger partial charge in [-0.15, -0.1) is 0 Å². The summed E-state index contributed by atoms with van der Waals surface area (Å²) in [5.74, 6) is 1.46. The molecule has 0 saturated carbocycles. The van der Waals surface area contributed by atoms with Crippen LogP contribution in [-0.4, -0.2) is 34.9 Å². The minimum absolute atomic E-state index is 0.121. The number of pyridine rings is 1. The lowest BCUT2D eigenvalue weighted by Gasteiger charge is -2.16. The first kappa shape index (κ1) is 22.6. The molecular formula is C29H28N4O2. The van der Waals surface area contributed by atoms with Crippen LogP contribution in [0.3, 0.4) is 0 Å². The fourth-order valence-electron chi connectivity index (χ4n) is 4.23. The van der Waals surface area contributed by atoms with E-state index in [4.69, 9.17) is 20.2 Å². The second-order valence-electron chi connectivity index (χ2n) is 8.64. The van der Waals surface area contributed by atoms with E-state index < -0.39 is 0 Å². The Labute approximate surface area is 204 Å². The second kappa shape index (κ2) is 9.99. The number of hydrogen-bond donors (Lipinski definition) is 2. The molecule has 3 aromatic carbocycles. The Hall–Kier alpha value is -4.16. The van der Waals surface area contributed by atoms with Gasteiger partial charge in [0, 0.05) is 28.2 Å². The van der Waals surface area contributed by atoms with Gasteiger partial charge in [0.25, 0.3) is 0 Å². The molecule has 176 valence electrons. The number of nitrogens with two attached hydrogens (primary N) is 1. The number of aromatic amines is 1. The van der Waals surface area contributed by atoms with Gasteiger partial charge in [0.2, 0.25) is 0 Å². The summed E-state index contributed by atoms with van der Waals surface area (Å²) in [6, 6.07) is 26.3. The van der Waals surface area contributed by atoms with Gasteiger partial charge in [-0.2, -0.15) is 5.10 Å². The predicted octanol–water partition coefficient (Wildman–Crippen LogP) is 5.56. The lowest BCUT2D eigenvalue weighted by Crippen LogP contribution is -2.30. The molecule has 0 aliphatic carbocycles. The van der Waals surface area contributed by atoms with E-state index in [1.165, 1.54) is 5.56 Å². The fourth-order valence-corrected chi connectivity index (χ4v) is 4.23. The van der Waals surface area contributed by atoms with Crippen LogP contribution in [0.15, 0.2) is 85.1 Å². The first-order valence-electron chi connectivity index (χ1n) is 11.6. The Kier molecular flexibility index (Phi) is 6.46. The molecule has 3 N–H and O–H groups in total. The minimum atomic E-state index is -0.121. The third-order valence-electron chi connectivity index (χ3n) is 6.07. The van der Waals surface area contributed by atoms with Crippen molar-refractivity contribution in [1.29, 1.82) is 0 Å². The van der Waals surface area contributed by atoms with Gasteiger partial charge in [0.15, 0.2) is 0 Å². The zero-order chi connectivity index (χ0) is 24.2. The summed E-state index contributed by atoms with van der Waals surface area (Å²) >= 11 is 0. The number of hydrogen-bond acceptors (Lipinski definition) is 5. The molecule has 0 saturated heterocycles. The molecular weight excluding hydrogens is 436 g/mol. The third-order valence-corrected chi connectivity index (χ3v) is 6.07. The molecule has 0 bridgehead atoms. The van der Waals surface area contributed by atoms with Crippen molar-refractivity contribution in [1.82, 2.24) is 15.2 Å². The number of aryl methyl sites for hydroxylation is 1. The van der Waals surface area contributed by atoms with E-state index in [1.807, 2.05) is 61.5 Å². The van der Waals surface area contributed by atoms with Crippen molar-refractivity contribution in [2.75, 3.05) is 13.7 Å². The first-order chi connectivity index (χ1) is 17.1. The number of nitrogens with one attached hydrogen (secondary N) is 1. The van der Waals surface area contributed by atoms with Crippen molar-refractivity contribution in [3.05, 3.63) is 96.3 Å². The van der Waals surface area contributed by atoms with Crippen molar-refractivity contribution < 1.29 is 9.47 Å². The molecule has 0 amide bonds. The average Bonchev–Trinajstić information content (AvgIpc) is 3.28. The van der Waals surface area contributed by atoms with Crippen LogP contribution in [0.5, 0.6) is 11.5 Å². The number of methoxy groups -OCH3 is 1. The molecule has 0 fully saturated rings. The molecule has 0 aliphatic rings. The fraction of sp³-hybridized carbons (Fsp3) is 0.172. The van der Waals surface area contributed by atoms with E-state index in [-0.39, 0.29) is 6.04 Å². The Balaban J connectivity index is 1.48. The minimum Gasteiger partial charge on any atom is -0.497 e. The molecule has 0 spiro atoms. The lowest BCUT2D eigenvalue weighted by atomic mass is 9.97. The largest absolute Gasteiger partial charge is 0.497 e. The summed E-state index contributed by atoms with van der Waals surface area (Å²) in [5, 5.41) is 8.50. The van der Waals surface area contributed by atoms with Gasteiger partial charge in [-0.3, -0.25) is 10.1 Å². The standard InChI is InChI=1S/C29H28N4O2/c1-19-26-15-21(11-12-28(26)33-32-19)27-16-25(35-18-23(30)13-20-7-4-3-5-8-20)17-31-29(27)22-9-6-10-24(14-22)34-2/h3-12,14-17,23H,13,18,30H2,1-2H3,(H,32,33)/t23-/m0/s1. The quantitative estimate of drug-likeness (QED) is 0.314. The maximum Gasteiger partial charge on any atom is 0.138 e. The van der Waals surface area contributed by atoms with Crippen molar-refractivity contribution >= 4 is 10.9 Å². The molecule has 0 unspecified atom stereocenters. The van der Waals surface area contributed by atoms with E-state index in [0.717, 1.165) is 51.2 Å². The van der Waals surface area contributed by atoms with Gasteiger partial charge >= 0.3 is 0 Å². The molecule has 2 aromatic heterocycles. The van der Waals surface area contributed by atoms with Crippen molar-refractivity contribution in [3.63, 3.8) is 0 Å². The van der Waals surface area contributed by atoms with Crippen LogP contribution in [0.2, 0.25) is 0 Å². The van der Waals surface area contributed by atoms with Gasteiger partial charge in [0.05, 0.1) is 24.5 Å². The third kappa shape index (κ3) is 5.03. The van der Waals surface area contributed by atoms with Crippen LogP contribution in [0.25, 0.3) is 33.3 Å². The van der Waals surface area contributed by atoms with Crippen LogP contribution in [-0.2, 0) is 6.42 Å². The van der Waals surface area contributed by atoms with Crippen LogP contribution in [0, 0.1) is 6.92 Å². The van der Waals surface area contributed by atoms with Crippen LogP contribution < -0.4 is 15.2 Å². The number of fused-ring (bicyclic) bond motifs is 1. The van der Waals surface area contributed by atoms with Gasteiger partial charge in [-0.05, 0) is 54.8 Å². The normalized spacial score (nSPS) is 12.0. The number of benzene rings is 3. The number of rotatable bonds is 8. The zero-order valence-electron chi connectivity index (χ0n) is 19.9. The van der Waals surface area contributed by atoms with Crippen molar-refractivity contribution in [2.45, 2.75) is 19.4 Å². The molecule has 6 nitrogen and oxygen atoms in total. The highest BCUT2D eigenvalue weighted by Crippen LogP contribution is 2.36. The van der Waals surface area contributed by atoms with Gasteiger partial charge in [-0.1, -0.05) is 48.5 Å². The van der Waals surface area contributed by atoms with Crippen LogP contribution in [0.1, 0.15) is 11.3 Å². The van der Waals surface area contributed by atoms with Gasteiger partial charge in [-0.25, -0.2) is 0 Å². The Morgan fingerprint density at radius 2 is 1.77 bits per heavy atom. The summed E-state index contributed by atoms with van der Waals surface area (Å²) in [6.45, 7) is 2.42. The average molecular weight is 465 g/mol. The van der Waals surface area contributed by atoms with E-state index >= 15 is 0 Å². The van der Waals surface area contributed by atoms with Crippen molar-refractivity contribution in [3.8, 4) is 33.9 Å². The predicted molar refractivity (Wildman–Crippen MR) is 140 cm³/mol. The molecule has 0 aliphatic heterocycles. The summed E-state index contributed by atoms with van der Waals surface area (Å²) in [4.78, 5) is 4.81. The van der Waals surface area contributed by atoms with Crippen LogP contribution >= 0.6 is 0 Å². The summed E-state index contributed by atoms with van der Waals surface area (Å²) < 4.78 is 11.5. The monoisotopic (exact) mass is 464 g/mol. The molecule has 1 atom stereocenters. The van der Waals surface area contributed by atoms with E-state index in [2.05, 4.69) is 34.5 Å². The number of H-pyrrole nitrogens is 1. The molecule has 6 heteroatoms. The molecule has 5 aromatic rings. The summed E-state index contributed by atoms with van der Waals surface area (Å²) in [6.07, 6.45) is 2.51. The van der Waals surface area contributed by atoms with Gasteiger partial charge < -0.3 is 15.2 Å². The topological polar surface area (TPSA) is 86.1 Å². The molecule has 2 heterocycles. The smallest absolute Gasteiger partial charge is 0.138 e. The zero-order valence-corrected chi connectivity index (χ0v) is 19.9. The molecule has 0 radical (unpaired) electrons. The SMILES string of the molecule is COc1cccc(-c2ncc(OC[C@@H](N)Cc3ccccc3)cc2-c2ccc3n[nH]c(C)c3c2)c1. The highest BCUT2D eigenvalue weighted by molar-refractivity contribution is 5.90. The van der Waals surface area contributed by atoms with Crippen LogP contribution in [0.4, 0.5) is 0 Å². The van der Waals surface area contributed by atoms with Crippen molar-refractivity contribution in [2.24, 2.45) is 5.73 Å². The van der Waals surface area contributed by atoms with E-state index in [1.54, 1.807) is 13.3 Å². The number of aromatic nitrogens is 3. The maximum atomic E-state index is 6.35. The Morgan fingerprint density at radius 3 is 2.60 bits per heavy atom. The summed E-state index contributed by atoms with van der Waals surface area (Å²) in [5.41, 5.74) is 13.3. The highest BCUT2D eigenvalue weighted by atomic mass is 16.5. The van der Waals surface area contributed by atoms with Gasteiger partial charge in [0.1, 0.15) is 18.1 Å². The first-order valence-corrected chi connectivity index (χ1v) is 11.6. The van der Waals surface area contributed by atoms with E-state index in [0.29, 0.717) is 12.4 Å². The Bertz CT molecular complexity index is 1450. The Morgan fingerprint density at radius 1 is 0.914 bits per heavy atom. The maximum absolute atomic E-state index is 6.35. The highest BCUT2D eigenvalue weighted by Gasteiger charge is 2.14. The summed E-state index contributed by atoms with van der Waals surface area (Å²) in [7, 11) is 1.67. The van der Waals surface area contributed by atoms with E-state index in [9.17, 15) is 0 Å². The molecule has 35 heavy (non-hydrogen) atoms. The second-order valence-corrected chi connectivity index (χ2v) is 8.64.